The minimum absolute atomic E-state index is 0. The van der Waals surface area contributed by atoms with Crippen LogP contribution in [-0.4, -0.2) is 15.4 Å². The number of hydrogen-bond donors (Lipinski definition) is 0. The largest absolute Gasteiger partial charge is 0.412 e. The van der Waals surface area contributed by atoms with E-state index in [0.29, 0.717) is 5.15 Å². The summed E-state index contributed by atoms with van der Waals surface area (Å²) in [6.07, 6.45) is 4.61. The van der Waals surface area contributed by atoms with Crippen LogP contribution in [0.25, 0.3) is 0 Å². The molecule has 0 saturated carbocycles. The van der Waals surface area contributed by atoms with Crippen LogP contribution in [0.4, 0.5) is 0 Å². The summed E-state index contributed by atoms with van der Waals surface area (Å²) in [6.45, 7) is 0. The van der Waals surface area contributed by atoms with Gasteiger partial charge in [-0.3, -0.25) is 4.98 Å². The van der Waals surface area contributed by atoms with Crippen molar-refractivity contribution >= 4 is 11.6 Å². The Bertz CT molecular complexity index is 144. The second-order valence-electron chi connectivity index (χ2n) is 1.03. The summed E-state index contributed by atoms with van der Waals surface area (Å²) in [5, 5.41) is 0.433. The molecule has 0 aromatic carbocycles. The Kier molecular flexibility index (Phi) is 3.07. The van der Waals surface area contributed by atoms with Gasteiger partial charge < -0.3 is 5.48 Å². The van der Waals surface area contributed by atoms with E-state index in [9.17, 15) is 0 Å². The molecule has 0 amide bonds. The lowest BCUT2D eigenvalue weighted by molar-refractivity contribution is 0.824. The fraction of sp³-hybridized carbons (Fsp3) is 0. The molecule has 0 aliphatic rings. The van der Waals surface area contributed by atoms with Gasteiger partial charge in [0.25, 0.3) is 0 Å². The number of rotatable bonds is 0. The maximum Gasteiger partial charge on any atom is 0.147 e. The normalized spacial score (nSPS) is 7.62. The highest BCUT2D eigenvalue weighted by atomic mass is 35.5. The van der Waals surface area contributed by atoms with Crippen molar-refractivity contribution in [2.45, 2.75) is 0 Å². The standard InChI is InChI=1S/C4H3ClN2.H2O/c5-4-3-6-1-2-7-4;/h1-3H;1H2. The zero-order valence-corrected chi connectivity index (χ0v) is 4.76. The van der Waals surface area contributed by atoms with Gasteiger partial charge in [0.05, 0.1) is 6.20 Å². The van der Waals surface area contributed by atoms with Crippen LogP contribution in [0, 0.1) is 0 Å². The van der Waals surface area contributed by atoms with Crippen molar-refractivity contribution in [2.75, 3.05) is 0 Å². The SMILES string of the molecule is Clc1cnccn1.O. The molecular weight excluding hydrogens is 128 g/mol. The summed E-state index contributed by atoms with van der Waals surface area (Å²) in [5.74, 6) is 0. The molecule has 0 unspecified atom stereocenters. The van der Waals surface area contributed by atoms with Crippen LogP contribution >= 0.6 is 11.6 Å². The molecule has 0 bridgehead atoms. The van der Waals surface area contributed by atoms with Gasteiger partial charge in [0.2, 0.25) is 0 Å². The van der Waals surface area contributed by atoms with Gasteiger partial charge in [0, 0.05) is 12.4 Å². The summed E-state index contributed by atoms with van der Waals surface area (Å²) in [5.41, 5.74) is 0. The van der Waals surface area contributed by atoms with Crippen LogP contribution in [-0.2, 0) is 0 Å². The minimum Gasteiger partial charge on any atom is -0.412 e. The molecule has 1 aromatic rings. The molecule has 0 radical (unpaired) electrons. The number of halogens is 1. The van der Waals surface area contributed by atoms with Crippen molar-refractivity contribution in [2.24, 2.45) is 0 Å². The second kappa shape index (κ2) is 3.35. The van der Waals surface area contributed by atoms with Crippen LogP contribution < -0.4 is 0 Å². The third-order valence-electron chi connectivity index (χ3n) is 0.532. The van der Waals surface area contributed by atoms with Crippen LogP contribution in [0.3, 0.4) is 0 Å². The first-order chi connectivity index (χ1) is 3.39. The highest BCUT2D eigenvalue weighted by molar-refractivity contribution is 6.29. The van der Waals surface area contributed by atoms with Crippen LogP contribution in [0.15, 0.2) is 18.6 Å². The van der Waals surface area contributed by atoms with E-state index in [1.54, 1.807) is 12.4 Å². The third-order valence-corrected chi connectivity index (χ3v) is 0.727. The van der Waals surface area contributed by atoms with Gasteiger partial charge in [0.15, 0.2) is 0 Å². The quantitative estimate of drug-likeness (QED) is 0.510. The Hall–Kier alpha value is -0.670. The lowest BCUT2D eigenvalue weighted by Gasteiger charge is -1.79. The summed E-state index contributed by atoms with van der Waals surface area (Å²) in [6, 6.07) is 0. The number of aromatic nitrogens is 2. The average molecular weight is 133 g/mol. The van der Waals surface area contributed by atoms with E-state index in [4.69, 9.17) is 11.6 Å². The van der Waals surface area contributed by atoms with E-state index in [0.717, 1.165) is 0 Å². The van der Waals surface area contributed by atoms with Crippen molar-refractivity contribution in [1.82, 2.24) is 9.97 Å². The van der Waals surface area contributed by atoms with Gasteiger partial charge in [-0.2, -0.15) is 0 Å². The van der Waals surface area contributed by atoms with Crippen molar-refractivity contribution in [1.29, 1.82) is 0 Å². The van der Waals surface area contributed by atoms with Gasteiger partial charge >= 0.3 is 0 Å². The molecule has 44 valence electrons. The van der Waals surface area contributed by atoms with E-state index < -0.39 is 0 Å². The molecule has 4 heteroatoms. The lowest BCUT2D eigenvalue weighted by Crippen LogP contribution is -1.71. The van der Waals surface area contributed by atoms with Crippen molar-refractivity contribution in [3.63, 3.8) is 0 Å². The first-order valence-electron chi connectivity index (χ1n) is 1.81. The van der Waals surface area contributed by atoms with E-state index >= 15 is 0 Å². The number of hydrogen-bond acceptors (Lipinski definition) is 2. The maximum absolute atomic E-state index is 5.37. The molecule has 1 rings (SSSR count). The molecule has 3 nitrogen and oxygen atoms in total. The fourth-order valence-electron chi connectivity index (χ4n) is 0.281. The Labute approximate surface area is 51.7 Å². The van der Waals surface area contributed by atoms with Gasteiger partial charge in [-0.05, 0) is 0 Å². The van der Waals surface area contributed by atoms with E-state index in [1.165, 1.54) is 6.20 Å². The van der Waals surface area contributed by atoms with Gasteiger partial charge in [-0.1, -0.05) is 11.6 Å². The predicted molar refractivity (Wildman–Crippen MR) is 30.7 cm³/mol. The molecule has 0 spiro atoms. The molecule has 1 heterocycles. The van der Waals surface area contributed by atoms with Crippen molar-refractivity contribution in [3.8, 4) is 0 Å². The van der Waals surface area contributed by atoms with Crippen LogP contribution in [0.2, 0.25) is 5.15 Å². The molecule has 1 aromatic heterocycles. The van der Waals surface area contributed by atoms with E-state index in [2.05, 4.69) is 9.97 Å². The zero-order chi connectivity index (χ0) is 5.11. The Morgan fingerprint density at radius 3 is 2.38 bits per heavy atom. The van der Waals surface area contributed by atoms with Gasteiger partial charge in [-0.25, -0.2) is 4.98 Å². The van der Waals surface area contributed by atoms with E-state index in [1.807, 2.05) is 0 Å². The van der Waals surface area contributed by atoms with Crippen molar-refractivity contribution in [3.05, 3.63) is 23.7 Å². The van der Waals surface area contributed by atoms with Crippen LogP contribution in [0.5, 0.6) is 0 Å². The first kappa shape index (κ1) is 7.33. The third kappa shape index (κ3) is 1.86. The molecule has 0 atom stereocenters. The van der Waals surface area contributed by atoms with Crippen molar-refractivity contribution < 1.29 is 5.48 Å². The molecular formula is C4H5ClN2O. The smallest absolute Gasteiger partial charge is 0.147 e. The summed E-state index contributed by atoms with van der Waals surface area (Å²) >= 11 is 5.37. The molecule has 8 heavy (non-hydrogen) atoms. The Balaban J connectivity index is 0.000000490. The zero-order valence-electron chi connectivity index (χ0n) is 4.00. The summed E-state index contributed by atoms with van der Waals surface area (Å²) in [7, 11) is 0. The predicted octanol–water partition coefficient (Wildman–Crippen LogP) is 0.305. The fourth-order valence-corrected chi connectivity index (χ4v) is 0.394. The lowest BCUT2D eigenvalue weighted by atomic mass is 10.8. The molecule has 0 aliphatic heterocycles. The molecule has 2 N–H and O–H groups in total. The number of nitrogens with zero attached hydrogens (tertiary/aromatic N) is 2. The average Bonchev–Trinajstić information content (AvgIpc) is 1.69. The Morgan fingerprint density at radius 2 is 2.12 bits per heavy atom. The topological polar surface area (TPSA) is 57.3 Å². The second-order valence-corrected chi connectivity index (χ2v) is 1.42. The molecule has 0 fully saturated rings. The molecule has 0 saturated heterocycles. The first-order valence-corrected chi connectivity index (χ1v) is 2.19. The highest BCUT2D eigenvalue weighted by Gasteiger charge is 1.77. The van der Waals surface area contributed by atoms with E-state index in [-0.39, 0.29) is 5.48 Å². The maximum atomic E-state index is 5.37. The Morgan fingerprint density at radius 1 is 1.38 bits per heavy atom. The summed E-state index contributed by atoms with van der Waals surface area (Å²) in [4.78, 5) is 7.37. The van der Waals surface area contributed by atoms with Gasteiger partial charge in [-0.15, -0.1) is 0 Å². The highest BCUT2D eigenvalue weighted by Crippen LogP contribution is 1.95. The monoisotopic (exact) mass is 132 g/mol. The van der Waals surface area contributed by atoms with Crippen LogP contribution in [0.1, 0.15) is 0 Å². The summed E-state index contributed by atoms with van der Waals surface area (Å²) < 4.78 is 0. The minimum atomic E-state index is 0. The molecule has 0 aliphatic carbocycles. The van der Waals surface area contributed by atoms with Gasteiger partial charge in [0.1, 0.15) is 5.15 Å².